The van der Waals surface area contributed by atoms with E-state index in [9.17, 15) is 4.79 Å². The van der Waals surface area contributed by atoms with Crippen molar-refractivity contribution in [2.45, 2.75) is 18.9 Å². The Labute approximate surface area is 133 Å². The van der Waals surface area contributed by atoms with Crippen LogP contribution >= 0.6 is 11.6 Å². The third kappa shape index (κ3) is 2.96. The first-order valence-corrected chi connectivity index (χ1v) is 7.51. The molecule has 114 valence electrons. The Morgan fingerprint density at radius 2 is 2.14 bits per heavy atom. The molecule has 1 unspecified atom stereocenters. The van der Waals surface area contributed by atoms with E-state index < -0.39 is 5.97 Å². The SMILES string of the molecule is COC(=O)c1cnc(-c2ccc(Cl)cc2)nc1C1CCCN1. The topological polar surface area (TPSA) is 64.1 Å². The van der Waals surface area contributed by atoms with Gasteiger partial charge < -0.3 is 10.1 Å². The second-order valence-electron chi connectivity index (χ2n) is 5.14. The molecule has 0 saturated carbocycles. The summed E-state index contributed by atoms with van der Waals surface area (Å²) in [7, 11) is 1.36. The van der Waals surface area contributed by atoms with Gasteiger partial charge in [-0.25, -0.2) is 14.8 Å². The Morgan fingerprint density at radius 1 is 1.36 bits per heavy atom. The molecule has 1 fully saturated rings. The summed E-state index contributed by atoms with van der Waals surface area (Å²) >= 11 is 5.91. The quantitative estimate of drug-likeness (QED) is 0.882. The van der Waals surface area contributed by atoms with Crippen LogP contribution in [0.2, 0.25) is 5.02 Å². The fraction of sp³-hybridized carbons (Fsp3) is 0.312. The van der Waals surface area contributed by atoms with Crippen molar-refractivity contribution in [2.75, 3.05) is 13.7 Å². The highest BCUT2D eigenvalue weighted by molar-refractivity contribution is 6.30. The number of halogens is 1. The zero-order valence-corrected chi connectivity index (χ0v) is 12.9. The van der Waals surface area contributed by atoms with Crippen LogP contribution in [0.3, 0.4) is 0 Å². The van der Waals surface area contributed by atoms with E-state index in [4.69, 9.17) is 16.3 Å². The van der Waals surface area contributed by atoms with Gasteiger partial charge in [-0.1, -0.05) is 11.6 Å². The highest BCUT2D eigenvalue weighted by atomic mass is 35.5. The van der Waals surface area contributed by atoms with Gasteiger partial charge >= 0.3 is 5.97 Å². The molecule has 0 spiro atoms. The Bertz CT molecular complexity index is 682. The molecule has 0 bridgehead atoms. The van der Waals surface area contributed by atoms with Crippen LogP contribution < -0.4 is 5.32 Å². The fourth-order valence-corrected chi connectivity index (χ4v) is 2.71. The lowest BCUT2D eigenvalue weighted by Crippen LogP contribution is -2.19. The molecule has 1 aromatic heterocycles. The number of nitrogens with zero attached hydrogens (tertiary/aromatic N) is 2. The van der Waals surface area contributed by atoms with Crippen LogP contribution in [0.5, 0.6) is 0 Å². The molecule has 0 radical (unpaired) electrons. The predicted molar refractivity (Wildman–Crippen MR) is 83.8 cm³/mol. The summed E-state index contributed by atoms with van der Waals surface area (Å²) in [5, 5.41) is 4.02. The van der Waals surface area contributed by atoms with Crippen LogP contribution in [0.1, 0.15) is 34.9 Å². The van der Waals surface area contributed by atoms with Crippen LogP contribution in [0.15, 0.2) is 30.5 Å². The van der Waals surface area contributed by atoms with E-state index in [2.05, 4.69) is 15.3 Å². The van der Waals surface area contributed by atoms with E-state index in [1.807, 2.05) is 12.1 Å². The predicted octanol–water partition coefficient (Wildman–Crippen LogP) is 3.01. The number of hydrogen-bond acceptors (Lipinski definition) is 5. The molecule has 2 heterocycles. The van der Waals surface area contributed by atoms with Gasteiger partial charge in [-0.3, -0.25) is 0 Å². The third-order valence-corrected chi connectivity index (χ3v) is 3.97. The molecule has 1 saturated heterocycles. The molecule has 1 aliphatic rings. The van der Waals surface area contributed by atoms with E-state index in [1.54, 1.807) is 12.1 Å². The lowest BCUT2D eigenvalue weighted by atomic mass is 10.1. The van der Waals surface area contributed by atoms with Crippen molar-refractivity contribution in [3.8, 4) is 11.4 Å². The maximum Gasteiger partial charge on any atom is 0.341 e. The summed E-state index contributed by atoms with van der Waals surface area (Å²) in [6.07, 6.45) is 3.55. The first-order valence-electron chi connectivity index (χ1n) is 7.13. The number of ether oxygens (including phenoxy) is 1. The minimum absolute atomic E-state index is 0.0585. The van der Waals surface area contributed by atoms with Crippen molar-refractivity contribution < 1.29 is 9.53 Å². The van der Waals surface area contributed by atoms with Gasteiger partial charge in [0, 0.05) is 16.8 Å². The zero-order valence-electron chi connectivity index (χ0n) is 12.2. The van der Waals surface area contributed by atoms with Gasteiger partial charge in [-0.05, 0) is 43.7 Å². The molecule has 5 nitrogen and oxygen atoms in total. The summed E-state index contributed by atoms with van der Waals surface area (Å²) < 4.78 is 4.83. The standard InChI is InChI=1S/C16H16ClN3O2/c1-22-16(21)12-9-19-15(10-4-6-11(17)7-5-10)20-14(12)13-3-2-8-18-13/h4-7,9,13,18H,2-3,8H2,1H3. The summed E-state index contributed by atoms with van der Waals surface area (Å²) in [5.41, 5.74) is 1.98. The van der Waals surface area contributed by atoms with Gasteiger partial charge in [0.1, 0.15) is 5.56 Å². The van der Waals surface area contributed by atoms with Crippen molar-refractivity contribution >= 4 is 17.6 Å². The highest BCUT2D eigenvalue weighted by Crippen LogP contribution is 2.27. The Kier molecular flexibility index (Phi) is 4.36. The minimum atomic E-state index is -0.411. The molecule has 1 aromatic carbocycles. The summed E-state index contributed by atoms with van der Waals surface area (Å²) in [6, 6.07) is 7.37. The monoisotopic (exact) mass is 317 g/mol. The van der Waals surface area contributed by atoms with Gasteiger partial charge in [0.25, 0.3) is 0 Å². The Morgan fingerprint density at radius 3 is 2.77 bits per heavy atom. The normalized spacial score (nSPS) is 17.5. The first kappa shape index (κ1) is 14.9. The largest absolute Gasteiger partial charge is 0.465 e. The van der Waals surface area contributed by atoms with Gasteiger partial charge in [-0.15, -0.1) is 0 Å². The maximum atomic E-state index is 11.9. The number of nitrogens with one attached hydrogen (secondary N) is 1. The summed E-state index contributed by atoms with van der Waals surface area (Å²) in [4.78, 5) is 20.8. The minimum Gasteiger partial charge on any atom is -0.465 e. The molecule has 2 aromatic rings. The number of hydrogen-bond donors (Lipinski definition) is 1. The number of carbonyl (C=O) groups is 1. The van der Waals surface area contributed by atoms with Crippen LogP contribution in [0.4, 0.5) is 0 Å². The number of benzene rings is 1. The molecule has 0 amide bonds. The Hall–Kier alpha value is -1.98. The number of methoxy groups -OCH3 is 1. The number of esters is 1. The first-order chi connectivity index (χ1) is 10.7. The molecule has 0 aliphatic carbocycles. The zero-order chi connectivity index (χ0) is 15.5. The van der Waals surface area contributed by atoms with E-state index in [1.165, 1.54) is 13.3 Å². The molecular weight excluding hydrogens is 302 g/mol. The van der Waals surface area contributed by atoms with E-state index >= 15 is 0 Å². The maximum absolute atomic E-state index is 11.9. The van der Waals surface area contributed by atoms with Crippen molar-refractivity contribution in [1.29, 1.82) is 0 Å². The average Bonchev–Trinajstić information content (AvgIpc) is 3.08. The summed E-state index contributed by atoms with van der Waals surface area (Å²) in [5.74, 6) is 0.166. The lowest BCUT2D eigenvalue weighted by molar-refractivity contribution is 0.0597. The smallest absolute Gasteiger partial charge is 0.341 e. The number of carbonyl (C=O) groups excluding carboxylic acids is 1. The van der Waals surface area contributed by atoms with E-state index in [-0.39, 0.29) is 6.04 Å². The average molecular weight is 318 g/mol. The molecule has 3 rings (SSSR count). The van der Waals surface area contributed by atoms with E-state index in [0.717, 1.165) is 24.9 Å². The second-order valence-corrected chi connectivity index (χ2v) is 5.58. The van der Waals surface area contributed by atoms with Gasteiger partial charge in [0.15, 0.2) is 5.82 Å². The van der Waals surface area contributed by atoms with E-state index in [0.29, 0.717) is 22.1 Å². The van der Waals surface area contributed by atoms with Crippen LogP contribution in [-0.2, 0) is 4.74 Å². The molecule has 22 heavy (non-hydrogen) atoms. The van der Waals surface area contributed by atoms with Gasteiger partial charge in [-0.2, -0.15) is 0 Å². The van der Waals surface area contributed by atoms with Crippen molar-refractivity contribution in [3.63, 3.8) is 0 Å². The van der Waals surface area contributed by atoms with Crippen molar-refractivity contribution in [3.05, 3.63) is 46.7 Å². The molecule has 6 heteroatoms. The molecule has 1 aliphatic heterocycles. The lowest BCUT2D eigenvalue weighted by Gasteiger charge is -2.14. The fourth-order valence-electron chi connectivity index (χ4n) is 2.58. The van der Waals surface area contributed by atoms with Crippen molar-refractivity contribution in [2.24, 2.45) is 0 Å². The highest BCUT2D eigenvalue weighted by Gasteiger charge is 2.25. The molecule has 1 atom stereocenters. The second kappa shape index (κ2) is 6.42. The van der Waals surface area contributed by atoms with Crippen LogP contribution in [0.25, 0.3) is 11.4 Å². The van der Waals surface area contributed by atoms with Crippen LogP contribution in [0, 0.1) is 0 Å². The van der Waals surface area contributed by atoms with Gasteiger partial charge in [0.2, 0.25) is 0 Å². The van der Waals surface area contributed by atoms with Gasteiger partial charge in [0.05, 0.1) is 18.8 Å². The third-order valence-electron chi connectivity index (χ3n) is 3.72. The van der Waals surface area contributed by atoms with Crippen LogP contribution in [-0.4, -0.2) is 29.6 Å². The molecule has 1 N–H and O–H groups in total. The number of rotatable bonds is 3. The number of aromatic nitrogens is 2. The van der Waals surface area contributed by atoms with Crippen molar-refractivity contribution in [1.82, 2.24) is 15.3 Å². The Balaban J connectivity index is 2.04. The summed E-state index contributed by atoms with van der Waals surface area (Å²) in [6.45, 7) is 0.922. The molecular formula is C16H16ClN3O2.